The van der Waals surface area contributed by atoms with Gasteiger partial charge in [0.1, 0.15) is 6.04 Å². The second kappa shape index (κ2) is 9.93. The first-order valence-electron chi connectivity index (χ1n) is 7.94. The van der Waals surface area contributed by atoms with Crippen molar-refractivity contribution in [2.75, 3.05) is 13.1 Å². The molecule has 0 radical (unpaired) electrons. The maximum Gasteiger partial charge on any atom is 0.251 e. The van der Waals surface area contributed by atoms with Crippen LogP contribution in [0.25, 0.3) is 0 Å². The van der Waals surface area contributed by atoms with Crippen molar-refractivity contribution < 1.29 is 14.4 Å². The quantitative estimate of drug-likeness (QED) is 0.665. The molecule has 3 N–H and O–H groups in total. The van der Waals surface area contributed by atoms with Gasteiger partial charge in [0.2, 0.25) is 11.8 Å². The minimum atomic E-state index is -0.706. The Labute approximate surface area is 147 Å². The molecule has 0 aliphatic rings. The van der Waals surface area contributed by atoms with Crippen LogP contribution in [-0.4, -0.2) is 36.9 Å². The topological polar surface area (TPSA) is 87.3 Å². The molecule has 0 aromatic heterocycles. The molecule has 0 aliphatic carbocycles. The Bertz CT molecular complexity index is 573. The molecular weight excluding hydrogens is 330 g/mol. The molecule has 0 spiro atoms. The average Bonchev–Trinajstić information content (AvgIpc) is 2.52. The third-order valence-corrected chi connectivity index (χ3v) is 3.48. The van der Waals surface area contributed by atoms with Gasteiger partial charge >= 0.3 is 0 Å². The highest BCUT2D eigenvalue weighted by Crippen LogP contribution is 2.11. The molecule has 0 saturated carbocycles. The number of carbonyl (C=O) groups is 3. The fraction of sp³-hybridized carbons (Fsp3) is 0.471. The van der Waals surface area contributed by atoms with E-state index in [2.05, 4.69) is 16.0 Å². The monoisotopic (exact) mass is 353 g/mol. The summed E-state index contributed by atoms with van der Waals surface area (Å²) in [7, 11) is 0. The van der Waals surface area contributed by atoms with Crippen LogP contribution in [0.2, 0.25) is 5.02 Å². The van der Waals surface area contributed by atoms with Gasteiger partial charge < -0.3 is 16.0 Å². The zero-order valence-electron chi connectivity index (χ0n) is 14.2. The van der Waals surface area contributed by atoms with E-state index in [0.29, 0.717) is 23.6 Å². The number of amides is 3. The number of nitrogens with one attached hydrogen (secondary N) is 3. The number of hydrogen-bond acceptors (Lipinski definition) is 3. The largest absolute Gasteiger partial charge is 0.355 e. The van der Waals surface area contributed by atoms with Crippen molar-refractivity contribution in [2.24, 2.45) is 5.92 Å². The Balaban J connectivity index is 2.70. The Morgan fingerprint density at radius 1 is 1.08 bits per heavy atom. The molecule has 0 aliphatic heterocycles. The summed E-state index contributed by atoms with van der Waals surface area (Å²) >= 11 is 5.80. The third-order valence-electron chi connectivity index (χ3n) is 3.23. The molecule has 0 unspecified atom stereocenters. The number of halogens is 1. The molecule has 6 nitrogen and oxygen atoms in total. The van der Waals surface area contributed by atoms with Crippen LogP contribution in [0, 0.1) is 5.92 Å². The summed E-state index contributed by atoms with van der Waals surface area (Å²) in [4.78, 5) is 36.0. The predicted molar refractivity (Wildman–Crippen MR) is 93.9 cm³/mol. The summed E-state index contributed by atoms with van der Waals surface area (Å²) in [6.45, 7) is 6.10. The summed E-state index contributed by atoms with van der Waals surface area (Å²) in [5.74, 6) is -0.795. The fourth-order valence-electron chi connectivity index (χ4n) is 2.10. The van der Waals surface area contributed by atoms with Crippen LogP contribution in [0.15, 0.2) is 24.3 Å². The number of rotatable bonds is 8. The minimum Gasteiger partial charge on any atom is -0.355 e. The second-order valence-electron chi connectivity index (χ2n) is 5.83. The van der Waals surface area contributed by atoms with Crippen molar-refractivity contribution in [2.45, 2.75) is 33.2 Å². The van der Waals surface area contributed by atoms with Crippen molar-refractivity contribution in [3.8, 4) is 0 Å². The molecule has 1 rings (SSSR count). The molecule has 1 aromatic rings. The van der Waals surface area contributed by atoms with Crippen molar-refractivity contribution in [3.05, 3.63) is 34.9 Å². The highest BCUT2D eigenvalue weighted by molar-refractivity contribution is 6.30. The van der Waals surface area contributed by atoms with Gasteiger partial charge in [-0.25, -0.2) is 0 Å². The standard InChI is InChI=1S/C17H24ClN3O3/c1-4-19-15(22)10-20-17(24)14(9-11(2)3)21-16(23)12-5-7-13(18)8-6-12/h5-8,11,14H,4,9-10H2,1-3H3,(H,19,22)(H,20,24)(H,21,23)/t14-/m1/s1. The van der Waals surface area contributed by atoms with Crippen LogP contribution in [0.1, 0.15) is 37.6 Å². The van der Waals surface area contributed by atoms with Crippen molar-refractivity contribution in [1.29, 1.82) is 0 Å². The molecule has 132 valence electrons. The molecule has 1 aromatic carbocycles. The van der Waals surface area contributed by atoms with E-state index in [-0.39, 0.29) is 30.2 Å². The lowest BCUT2D eigenvalue weighted by molar-refractivity contribution is -0.127. The lowest BCUT2D eigenvalue weighted by Crippen LogP contribution is -2.49. The fourth-order valence-corrected chi connectivity index (χ4v) is 2.22. The smallest absolute Gasteiger partial charge is 0.251 e. The first-order chi connectivity index (χ1) is 11.3. The van der Waals surface area contributed by atoms with E-state index in [1.165, 1.54) is 0 Å². The Hall–Kier alpha value is -2.08. The first kappa shape index (κ1) is 20.0. The van der Waals surface area contributed by atoms with E-state index in [0.717, 1.165) is 0 Å². The zero-order valence-corrected chi connectivity index (χ0v) is 14.9. The van der Waals surface area contributed by atoms with Crippen molar-refractivity contribution >= 4 is 29.3 Å². The molecule has 0 fully saturated rings. The molecule has 0 heterocycles. The third kappa shape index (κ3) is 7.00. The average molecular weight is 354 g/mol. The SMILES string of the molecule is CCNC(=O)CNC(=O)[C@@H](CC(C)C)NC(=O)c1ccc(Cl)cc1. The van der Waals surface area contributed by atoms with Gasteiger partial charge in [-0.05, 0) is 43.5 Å². The van der Waals surface area contributed by atoms with Gasteiger partial charge in [-0.2, -0.15) is 0 Å². The summed E-state index contributed by atoms with van der Waals surface area (Å²) in [6, 6.07) is 5.71. The molecule has 1 atom stereocenters. The first-order valence-corrected chi connectivity index (χ1v) is 8.32. The van der Waals surface area contributed by atoms with Gasteiger partial charge in [0.25, 0.3) is 5.91 Å². The van der Waals surface area contributed by atoms with Crippen LogP contribution >= 0.6 is 11.6 Å². The Morgan fingerprint density at radius 2 is 1.71 bits per heavy atom. The molecular formula is C17H24ClN3O3. The maximum absolute atomic E-state index is 12.3. The van der Waals surface area contributed by atoms with Gasteiger partial charge in [-0.1, -0.05) is 25.4 Å². The van der Waals surface area contributed by atoms with Gasteiger partial charge in [0.15, 0.2) is 0 Å². The van der Waals surface area contributed by atoms with E-state index in [9.17, 15) is 14.4 Å². The van der Waals surface area contributed by atoms with Crippen LogP contribution < -0.4 is 16.0 Å². The van der Waals surface area contributed by atoms with Gasteiger partial charge in [0, 0.05) is 17.1 Å². The minimum absolute atomic E-state index is 0.113. The summed E-state index contributed by atoms with van der Waals surface area (Å²) < 4.78 is 0. The maximum atomic E-state index is 12.3. The van der Waals surface area contributed by atoms with E-state index in [4.69, 9.17) is 11.6 Å². The number of hydrogen-bond donors (Lipinski definition) is 3. The summed E-state index contributed by atoms with van der Waals surface area (Å²) in [5.41, 5.74) is 0.421. The van der Waals surface area contributed by atoms with E-state index in [1.807, 2.05) is 13.8 Å². The summed E-state index contributed by atoms with van der Waals surface area (Å²) in [6.07, 6.45) is 0.473. The van der Waals surface area contributed by atoms with Crippen molar-refractivity contribution in [1.82, 2.24) is 16.0 Å². The van der Waals surface area contributed by atoms with Crippen LogP contribution in [0.3, 0.4) is 0 Å². The highest BCUT2D eigenvalue weighted by atomic mass is 35.5. The normalized spacial score (nSPS) is 11.7. The second-order valence-corrected chi connectivity index (χ2v) is 6.27. The highest BCUT2D eigenvalue weighted by Gasteiger charge is 2.22. The number of carbonyl (C=O) groups excluding carboxylic acids is 3. The summed E-state index contributed by atoms with van der Waals surface area (Å²) in [5, 5.41) is 8.40. The lowest BCUT2D eigenvalue weighted by Gasteiger charge is -2.20. The number of benzene rings is 1. The van der Waals surface area contributed by atoms with Gasteiger partial charge in [-0.15, -0.1) is 0 Å². The van der Waals surface area contributed by atoms with Gasteiger partial charge in [-0.3, -0.25) is 14.4 Å². The number of likely N-dealkylation sites (N-methyl/N-ethyl adjacent to an activating group) is 1. The van der Waals surface area contributed by atoms with Crippen LogP contribution in [0.4, 0.5) is 0 Å². The van der Waals surface area contributed by atoms with E-state index < -0.39 is 6.04 Å². The molecule has 0 bridgehead atoms. The lowest BCUT2D eigenvalue weighted by atomic mass is 10.0. The van der Waals surface area contributed by atoms with E-state index >= 15 is 0 Å². The molecule has 3 amide bonds. The van der Waals surface area contributed by atoms with E-state index in [1.54, 1.807) is 31.2 Å². The molecule has 0 saturated heterocycles. The predicted octanol–water partition coefficient (Wildman–Crippen LogP) is 1.74. The molecule has 7 heteroatoms. The Morgan fingerprint density at radius 3 is 2.25 bits per heavy atom. The van der Waals surface area contributed by atoms with Gasteiger partial charge in [0.05, 0.1) is 6.54 Å². The van der Waals surface area contributed by atoms with Crippen molar-refractivity contribution in [3.63, 3.8) is 0 Å². The molecule has 24 heavy (non-hydrogen) atoms. The Kier molecular flexibility index (Phi) is 8.26. The zero-order chi connectivity index (χ0) is 18.1. The van der Waals surface area contributed by atoms with Crippen LogP contribution in [-0.2, 0) is 9.59 Å². The van der Waals surface area contributed by atoms with Crippen LogP contribution in [0.5, 0.6) is 0 Å².